The summed E-state index contributed by atoms with van der Waals surface area (Å²) in [6, 6.07) is 0. The first kappa shape index (κ1) is 23.8. The first-order valence-electron chi connectivity index (χ1n) is 8.17. The summed E-state index contributed by atoms with van der Waals surface area (Å²) < 4.78 is 35.3. The summed E-state index contributed by atoms with van der Waals surface area (Å²) in [5.74, 6) is 0.746. The van der Waals surface area contributed by atoms with Crippen LogP contribution in [-0.2, 0) is 19.5 Å². The number of ether oxygens (including phenoxy) is 2. The van der Waals surface area contributed by atoms with Gasteiger partial charge in [0.25, 0.3) is 0 Å². The first-order chi connectivity index (χ1) is 11.0. The highest BCUT2D eigenvalue weighted by Gasteiger charge is 2.15. The summed E-state index contributed by atoms with van der Waals surface area (Å²) in [5.41, 5.74) is 0. The molecule has 24 heavy (non-hydrogen) atoms. The zero-order valence-electron chi connectivity index (χ0n) is 14.5. The van der Waals surface area contributed by atoms with Crippen molar-refractivity contribution in [3.8, 4) is 0 Å². The second kappa shape index (κ2) is 14.0. The molecule has 0 aromatic rings. The molecule has 1 unspecified atom stereocenters. The lowest BCUT2D eigenvalue weighted by molar-refractivity contribution is 0.0424. The Hall–Kier alpha value is -0.170. The molecule has 8 nitrogen and oxygen atoms in total. The van der Waals surface area contributed by atoms with Crippen LogP contribution < -0.4 is 15.4 Å². The number of nitrogens with zero attached hydrogens (tertiary/aromatic N) is 1. The molecule has 0 bridgehead atoms. The molecule has 0 spiro atoms. The zero-order valence-corrected chi connectivity index (χ0v) is 17.7. The highest BCUT2D eigenvalue weighted by atomic mass is 127. The van der Waals surface area contributed by atoms with E-state index in [2.05, 4.69) is 20.3 Å². The van der Waals surface area contributed by atoms with Gasteiger partial charge in [0.1, 0.15) is 0 Å². The number of aliphatic imine (C=N–C) groups is 1. The van der Waals surface area contributed by atoms with Crippen molar-refractivity contribution in [1.29, 1.82) is 0 Å². The van der Waals surface area contributed by atoms with Crippen LogP contribution in [0.15, 0.2) is 4.99 Å². The van der Waals surface area contributed by atoms with Gasteiger partial charge in [0.2, 0.25) is 10.0 Å². The van der Waals surface area contributed by atoms with Crippen LogP contribution >= 0.6 is 24.0 Å². The van der Waals surface area contributed by atoms with Crippen molar-refractivity contribution in [3.63, 3.8) is 0 Å². The summed E-state index contributed by atoms with van der Waals surface area (Å²) in [6.45, 7) is 6.74. The molecule has 1 aliphatic heterocycles. The lowest BCUT2D eigenvalue weighted by Crippen LogP contribution is -2.38. The molecule has 1 saturated heterocycles. The number of nitrogens with one attached hydrogen (secondary N) is 3. The Bertz CT molecular complexity index is 442. The average Bonchev–Trinajstić information content (AvgIpc) is 2.98. The number of sulfonamides is 1. The van der Waals surface area contributed by atoms with E-state index in [1.54, 1.807) is 0 Å². The molecular formula is C14H31IN4O4S. The first-order valence-corrected chi connectivity index (χ1v) is 10.1. The lowest BCUT2D eigenvalue weighted by atomic mass is 10.3. The molecule has 1 heterocycles. The Balaban J connectivity index is 0.00000529. The van der Waals surface area contributed by atoms with E-state index in [0.29, 0.717) is 39.3 Å². The van der Waals surface area contributed by atoms with Gasteiger partial charge in [-0.3, -0.25) is 4.99 Å². The normalized spacial score (nSPS) is 18.2. The summed E-state index contributed by atoms with van der Waals surface area (Å²) in [5, 5.41) is 6.34. The monoisotopic (exact) mass is 478 g/mol. The van der Waals surface area contributed by atoms with Crippen LogP contribution in [0, 0.1) is 0 Å². The van der Waals surface area contributed by atoms with Crippen LogP contribution in [0.25, 0.3) is 0 Å². The van der Waals surface area contributed by atoms with E-state index < -0.39 is 10.0 Å². The molecule has 0 radical (unpaired) electrons. The third kappa shape index (κ3) is 13.2. The van der Waals surface area contributed by atoms with E-state index in [-0.39, 0.29) is 30.1 Å². The highest BCUT2D eigenvalue weighted by molar-refractivity contribution is 14.0. The van der Waals surface area contributed by atoms with Gasteiger partial charge in [-0.05, 0) is 26.2 Å². The number of hydrogen-bond donors (Lipinski definition) is 3. The number of rotatable bonds is 11. The molecule has 1 fully saturated rings. The molecule has 1 rings (SSSR count). The molecule has 0 saturated carbocycles. The summed E-state index contributed by atoms with van der Waals surface area (Å²) in [6.07, 6.45) is 3.94. The average molecular weight is 478 g/mol. The van der Waals surface area contributed by atoms with Gasteiger partial charge in [-0.1, -0.05) is 0 Å². The van der Waals surface area contributed by atoms with E-state index in [4.69, 9.17) is 9.47 Å². The molecule has 0 aromatic heterocycles. The predicted octanol–water partition coefficient (Wildman–Crippen LogP) is 0.294. The fourth-order valence-electron chi connectivity index (χ4n) is 2.04. The van der Waals surface area contributed by atoms with Gasteiger partial charge in [-0.2, -0.15) is 0 Å². The van der Waals surface area contributed by atoms with Crippen molar-refractivity contribution in [3.05, 3.63) is 0 Å². The van der Waals surface area contributed by atoms with Gasteiger partial charge < -0.3 is 20.1 Å². The van der Waals surface area contributed by atoms with Crippen molar-refractivity contribution in [2.75, 3.05) is 52.3 Å². The summed E-state index contributed by atoms with van der Waals surface area (Å²) in [4.78, 5) is 4.47. The van der Waals surface area contributed by atoms with Gasteiger partial charge in [0.15, 0.2) is 5.96 Å². The van der Waals surface area contributed by atoms with Gasteiger partial charge in [0, 0.05) is 39.4 Å². The summed E-state index contributed by atoms with van der Waals surface area (Å²) in [7, 11) is -3.11. The second-order valence-corrected chi connectivity index (χ2v) is 7.25. The van der Waals surface area contributed by atoms with Crippen molar-refractivity contribution in [1.82, 2.24) is 15.4 Å². The third-order valence-corrected chi connectivity index (χ3v) is 3.90. The number of guanidine groups is 1. The maximum absolute atomic E-state index is 10.9. The zero-order chi connectivity index (χ0) is 17.0. The Labute approximate surface area is 162 Å². The standard InChI is InChI=1S/C14H30N4O4S.HI/c1-3-15-14(16-7-4-9-18-23(2,19)20)17-8-5-10-22-13-6-11-21-12-13;/h13,18H,3-12H2,1-2H3,(H2,15,16,17);1H. The number of halogens is 1. The molecule has 0 aliphatic carbocycles. The minimum absolute atomic E-state index is 0. The Kier molecular flexibility index (Phi) is 13.9. The van der Waals surface area contributed by atoms with Crippen LogP contribution in [0.5, 0.6) is 0 Å². The van der Waals surface area contributed by atoms with Crippen molar-refractivity contribution in [2.45, 2.75) is 32.3 Å². The van der Waals surface area contributed by atoms with Gasteiger partial charge >= 0.3 is 0 Å². The van der Waals surface area contributed by atoms with Crippen LogP contribution in [-0.4, -0.2) is 72.7 Å². The highest BCUT2D eigenvalue weighted by Crippen LogP contribution is 2.07. The van der Waals surface area contributed by atoms with Crippen LogP contribution in [0.2, 0.25) is 0 Å². The lowest BCUT2D eigenvalue weighted by Gasteiger charge is -2.12. The van der Waals surface area contributed by atoms with Crippen LogP contribution in [0.3, 0.4) is 0 Å². The molecule has 3 N–H and O–H groups in total. The summed E-state index contributed by atoms with van der Waals surface area (Å²) >= 11 is 0. The van der Waals surface area contributed by atoms with Crippen LogP contribution in [0.1, 0.15) is 26.2 Å². The molecule has 0 amide bonds. The van der Waals surface area contributed by atoms with Crippen LogP contribution in [0.4, 0.5) is 0 Å². The maximum atomic E-state index is 10.9. The Morgan fingerprint density at radius 2 is 2.08 bits per heavy atom. The molecular weight excluding hydrogens is 447 g/mol. The van der Waals surface area contributed by atoms with E-state index in [9.17, 15) is 8.42 Å². The van der Waals surface area contributed by atoms with E-state index in [1.807, 2.05) is 6.92 Å². The van der Waals surface area contributed by atoms with Crippen molar-refractivity contribution >= 4 is 40.0 Å². The SMILES string of the molecule is CCNC(=NCCCOC1CCOC1)NCCCNS(C)(=O)=O.I. The van der Waals surface area contributed by atoms with E-state index in [0.717, 1.165) is 38.2 Å². The molecule has 1 aliphatic rings. The second-order valence-electron chi connectivity index (χ2n) is 5.42. The largest absolute Gasteiger partial charge is 0.379 e. The predicted molar refractivity (Wildman–Crippen MR) is 107 cm³/mol. The van der Waals surface area contributed by atoms with Crippen molar-refractivity contribution in [2.24, 2.45) is 4.99 Å². The third-order valence-electron chi connectivity index (χ3n) is 3.17. The smallest absolute Gasteiger partial charge is 0.208 e. The van der Waals surface area contributed by atoms with Gasteiger partial charge in [-0.15, -0.1) is 24.0 Å². The minimum atomic E-state index is -3.11. The molecule has 1 atom stereocenters. The topological polar surface area (TPSA) is 101 Å². The minimum Gasteiger partial charge on any atom is -0.379 e. The van der Waals surface area contributed by atoms with Crippen molar-refractivity contribution < 1.29 is 17.9 Å². The van der Waals surface area contributed by atoms with E-state index >= 15 is 0 Å². The molecule has 0 aromatic carbocycles. The fourth-order valence-corrected chi connectivity index (χ4v) is 2.56. The Morgan fingerprint density at radius 1 is 1.29 bits per heavy atom. The Morgan fingerprint density at radius 3 is 2.71 bits per heavy atom. The molecule has 144 valence electrons. The quantitative estimate of drug-likeness (QED) is 0.171. The van der Waals surface area contributed by atoms with E-state index in [1.165, 1.54) is 0 Å². The van der Waals surface area contributed by atoms with Gasteiger partial charge in [-0.25, -0.2) is 13.1 Å². The number of hydrogen-bond acceptors (Lipinski definition) is 5. The molecule has 10 heteroatoms. The van der Waals surface area contributed by atoms with Gasteiger partial charge in [0.05, 0.1) is 19.0 Å². The fraction of sp³-hybridized carbons (Fsp3) is 0.929. The maximum Gasteiger partial charge on any atom is 0.208 e.